The number of imide groups is 1. The van der Waals surface area contributed by atoms with Crippen LogP contribution in [0, 0.1) is 13.7 Å². The van der Waals surface area contributed by atoms with Crippen molar-refractivity contribution in [3.05, 3.63) is 91.1 Å². The molecule has 2 heterocycles. The van der Waals surface area contributed by atoms with Crippen LogP contribution in [0.3, 0.4) is 0 Å². The molecule has 0 radical (unpaired) electrons. The van der Waals surface area contributed by atoms with Gasteiger partial charge in [0.25, 0.3) is 16.8 Å². The van der Waals surface area contributed by atoms with Gasteiger partial charge >= 0.3 is 0 Å². The number of rotatable bonds is 6. The average Bonchev–Trinajstić information content (AvgIpc) is 3.35. The minimum absolute atomic E-state index is 0.0633. The number of thioether (sulfide) groups is 1. The van der Waals surface area contributed by atoms with Crippen molar-refractivity contribution >= 4 is 68.9 Å². The summed E-state index contributed by atoms with van der Waals surface area (Å²) in [5.41, 5.74) is 1.60. The van der Waals surface area contributed by atoms with E-state index < -0.39 is 28.5 Å². The van der Waals surface area contributed by atoms with Crippen molar-refractivity contribution in [2.75, 3.05) is 11.9 Å². The summed E-state index contributed by atoms with van der Waals surface area (Å²) in [6.07, 6.45) is 3.23. The molecule has 166 valence electrons. The molecule has 3 amide bonds. The molecular formula is C22H15IN4O5S. The zero-order chi connectivity index (χ0) is 23.5. The Labute approximate surface area is 205 Å². The molecule has 1 aromatic heterocycles. The van der Waals surface area contributed by atoms with E-state index in [9.17, 15) is 24.5 Å². The van der Waals surface area contributed by atoms with Gasteiger partial charge in [0.15, 0.2) is 0 Å². The van der Waals surface area contributed by atoms with Crippen LogP contribution in [0.15, 0.2) is 71.8 Å². The molecule has 33 heavy (non-hydrogen) atoms. The van der Waals surface area contributed by atoms with Crippen molar-refractivity contribution in [2.24, 2.45) is 0 Å². The minimum Gasteiger partial charge on any atom is -0.325 e. The Hall–Kier alpha value is -3.45. The van der Waals surface area contributed by atoms with Crippen molar-refractivity contribution < 1.29 is 19.3 Å². The number of non-ortho nitro benzene ring substituents is 1. The van der Waals surface area contributed by atoms with E-state index in [1.165, 1.54) is 18.2 Å². The SMILES string of the molecule is O=C(CN1C(=O)S/C(=C\c2cccn2-c2cccc([N+](=O)[O-])c2)C1=O)Nc1ccc(I)cc1. The predicted octanol–water partition coefficient (Wildman–Crippen LogP) is 4.67. The fourth-order valence-corrected chi connectivity index (χ4v) is 4.33. The maximum absolute atomic E-state index is 12.8. The summed E-state index contributed by atoms with van der Waals surface area (Å²) in [6, 6.07) is 16.6. The van der Waals surface area contributed by atoms with E-state index in [2.05, 4.69) is 27.9 Å². The summed E-state index contributed by atoms with van der Waals surface area (Å²) in [7, 11) is 0. The number of nitrogens with one attached hydrogen (secondary N) is 1. The van der Waals surface area contributed by atoms with E-state index in [1.807, 2.05) is 12.1 Å². The largest absolute Gasteiger partial charge is 0.325 e. The summed E-state index contributed by atoms with van der Waals surface area (Å²) in [5, 5.41) is 13.2. The summed E-state index contributed by atoms with van der Waals surface area (Å²) in [4.78, 5) is 49.2. The zero-order valence-electron chi connectivity index (χ0n) is 16.8. The molecule has 0 aliphatic carbocycles. The van der Waals surface area contributed by atoms with Gasteiger partial charge in [0, 0.05) is 33.3 Å². The van der Waals surface area contributed by atoms with Gasteiger partial charge < -0.3 is 9.88 Å². The van der Waals surface area contributed by atoms with Crippen molar-refractivity contribution in [2.45, 2.75) is 0 Å². The van der Waals surface area contributed by atoms with Crippen molar-refractivity contribution in [1.29, 1.82) is 0 Å². The lowest BCUT2D eigenvalue weighted by Crippen LogP contribution is -2.36. The molecule has 11 heteroatoms. The molecule has 0 unspecified atom stereocenters. The number of nitro groups is 1. The zero-order valence-corrected chi connectivity index (χ0v) is 19.8. The second-order valence-electron chi connectivity index (χ2n) is 6.90. The standard InChI is InChI=1S/C22H15IN4O5S/c23-14-6-8-15(9-7-14)24-20(28)13-26-21(29)19(33-22(26)30)12-17-5-2-10-25(17)16-3-1-4-18(11-16)27(31)32/h1-12H,13H2,(H,24,28)/b19-12-. The van der Waals surface area contributed by atoms with Crippen molar-refractivity contribution in [1.82, 2.24) is 9.47 Å². The number of aromatic nitrogens is 1. The van der Waals surface area contributed by atoms with Gasteiger partial charge in [0.1, 0.15) is 6.54 Å². The minimum atomic E-state index is -0.574. The molecule has 1 saturated heterocycles. The van der Waals surface area contributed by atoms with E-state index in [0.717, 1.165) is 20.2 Å². The first kappa shape index (κ1) is 22.7. The highest BCUT2D eigenvalue weighted by Gasteiger charge is 2.36. The van der Waals surface area contributed by atoms with Crippen LogP contribution in [-0.2, 0) is 9.59 Å². The number of halogens is 1. The molecule has 1 fully saturated rings. The van der Waals surface area contributed by atoms with Gasteiger partial charge in [-0.2, -0.15) is 0 Å². The lowest BCUT2D eigenvalue weighted by molar-refractivity contribution is -0.384. The van der Waals surface area contributed by atoms with E-state index >= 15 is 0 Å². The smallest absolute Gasteiger partial charge is 0.294 e. The van der Waals surface area contributed by atoms with Gasteiger partial charge in [-0.1, -0.05) is 6.07 Å². The highest BCUT2D eigenvalue weighted by Crippen LogP contribution is 2.32. The monoisotopic (exact) mass is 574 g/mol. The Balaban J connectivity index is 1.51. The van der Waals surface area contributed by atoms with Crippen LogP contribution >= 0.6 is 34.4 Å². The van der Waals surface area contributed by atoms with Crippen LogP contribution in [0.1, 0.15) is 5.69 Å². The Morgan fingerprint density at radius 2 is 1.88 bits per heavy atom. The van der Waals surface area contributed by atoms with Crippen molar-refractivity contribution in [3.8, 4) is 5.69 Å². The maximum Gasteiger partial charge on any atom is 0.294 e. The maximum atomic E-state index is 12.8. The Bertz CT molecular complexity index is 1300. The fraction of sp³-hybridized carbons (Fsp3) is 0.0455. The first-order valence-corrected chi connectivity index (χ1v) is 11.4. The highest BCUT2D eigenvalue weighted by atomic mass is 127. The van der Waals surface area contributed by atoms with Gasteiger partial charge in [0.2, 0.25) is 5.91 Å². The number of nitro benzene ring substituents is 1. The number of amides is 3. The summed E-state index contributed by atoms with van der Waals surface area (Å²) >= 11 is 2.88. The second kappa shape index (κ2) is 9.58. The third kappa shape index (κ3) is 5.14. The van der Waals surface area contributed by atoms with E-state index in [-0.39, 0.29) is 10.6 Å². The normalized spacial score (nSPS) is 14.7. The fourth-order valence-electron chi connectivity index (χ4n) is 3.15. The number of carbonyl (C=O) groups is 3. The second-order valence-corrected chi connectivity index (χ2v) is 9.14. The average molecular weight is 574 g/mol. The molecule has 1 N–H and O–H groups in total. The molecular weight excluding hydrogens is 559 g/mol. The lowest BCUT2D eigenvalue weighted by Gasteiger charge is -2.12. The molecule has 1 aliphatic rings. The van der Waals surface area contributed by atoms with Gasteiger partial charge in [-0.15, -0.1) is 0 Å². The Kier molecular flexibility index (Phi) is 6.60. The van der Waals surface area contributed by atoms with Crippen LogP contribution in [0.5, 0.6) is 0 Å². The van der Waals surface area contributed by atoms with Crippen LogP contribution in [0.25, 0.3) is 11.8 Å². The lowest BCUT2D eigenvalue weighted by atomic mass is 10.2. The predicted molar refractivity (Wildman–Crippen MR) is 133 cm³/mol. The highest BCUT2D eigenvalue weighted by molar-refractivity contribution is 14.1. The molecule has 3 aromatic rings. The molecule has 2 aromatic carbocycles. The third-order valence-corrected chi connectivity index (χ3v) is 6.31. The number of benzene rings is 2. The van der Waals surface area contributed by atoms with Gasteiger partial charge in [-0.25, -0.2) is 0 Å². The Morgan fingerprint density at radius 3 is 2.61 bits per heavy atom. The van der Waals surface area contributed by atoms with E-state index in [4.69, 9.17) is 0 Å². The number of carbonyl (C=O) groups excluding carboxylic acids is 3. The van der Waals surface area contributed by atoms with Crippen LogP contribution in [0.2, 0.25) is 0 Å². The van der Waals surface area contributed by atoms with Crippen LogP contribution in [-0.4, -0.2) is 38.0 Å². The van der Waals surface area contributed by atoms with Crippen molar-refractivity contribution in [3.63, 3.8) is 0 Å². The molecule has 1 aliphatic heterocycles. The first-order valence-electron chi connectivity index (χ1n) is 9.55. The summed E-state index contributed by atoms with van der Waals surface area (Å²) < 4.78 is 2.68. The third-order valence-electron chi connectivity index (χ3n) is 4.68. The van der Waals surface area contributed by atoms with Crippen LogP contribution < -0.4 is 5.32 Å². The van der Waals surface area contributed by atoms with Crippen LogP contribution in [0.4, 0.5) is 16.2 Å². The molecule has 4 rings (SSSR count). The number of hydrogen-bond acceptors (Lipinski definition) is 6. The molecule has 9 nitrogen and oxygen atoms in total. The topological polar surface area (TPSA) is 115 Å². The summed E-state index contributed by atoms with van der Waals surface area (Å²) in [6.45, 7) is -0.403. The number of hydrogen-bond donors (Lipinski definition) is 1. The molecule has 0 spiro atoms. The van der Waals surface area contributed by atoms with E-state index in [1.54, 1.807) is 47.2 Å². The molecule has 0 atom stereocenters. The number of anilines is 1. The molecule has 0 bridgehead atoms. The number of nitrogens with zero attached hydrogens (tertiary/aromatic N) is 3. The van der Waals surface area contributed by atoms with Gasteiger partial charge in [0.05, 0.1) is 15.5 Å². The molecule has 0 saturated carbocycles. The quantitative estimate of drug-likeness (QED) is 0.198. The van der Waals surface area contributed by atoms with E-state index in [0.29, 0.717) is 17.1 Å². The summed E-state index contributed by atoms with van der Waals surface area (Å²) in [5.74, 6) is -1.06. The first-order chi connectivity index (χ1) is 15.8. The van der Waals surface area contributed by atoms with Gasteiger partial charge in [-0.05, 0) is 82.9 Å². The Morgan fingerprint density at radius 1 is 1.12 bits per heavy atom. The van der Waals surface area contributed by atoms with Gasteiger partial charge in [-0.3, -0.25) is 29.4 Å².